The van der Waals surface area contributed by atoms with Gasteiger partial charge in [0.1, 0.15) is 6.10 Å². The smallest absolute Gasteiger partial charge is 0.161 e. The minimum absolute atomic E-state index is 0.231. The molecule has 3 heteroatoms. The van der Waals surface area contributed by atoms with Crippen LogP contribution in [-0.2, 0) is 6.42 Å². The normalized spacial score (nSPS) is 27.4. The lowest BCUT2D eigenvalue weighted by molar-refractivity contribution is -0.0629. The van der Waals surface area contributed by atoms with Gasteiger partial charge in [-0.05, 0) is 37.0 Å². The first-order chi connectivity index (χ1) is 9.69. The Kier molecular flexibility index (Phi) is 3.63. The number of hydrogen-bond acceptors (Lipinski definition) is 3. The van der Waals surface area contributed by atoms with Crippen LogP contribution in [0.2, 0.25) is 0 Å². The van der Waals surface area contributed by atoms with Crippen LogP contribution >= 0.6 is 0 Å². The van der Waals surface area contributed by atoms with Crippen LogP contribution in [0, 0.1) is 5.41 Å². The zero-order valence-electron chi connectivity index (χ0n) is 12.5. The molecule has 2 saturated carbocycles. The zero-order valence-corrected chi connectivity index (χ0v) is 12.5. The lowest BCUT2D eigenvalue weighted by atomic mass is 9.61. The van der Waals surface area contributed by atoms with Crippen LogP contribution < -0.4 is 15.2 Å². The van der Waals surface area contributed by atoms with Gasteiger partial charge in [-0.1, -0.05) is 25.8 Å². The van der Waals surface area contributed by atoms with E-state index in [9.17, 15) is 0 Å². The first-order valence-electron chi connectivity index (χ1n) is 7.79. The van der Waals surface area contributed by atoms with Gasteiger partial charge in [0.2, 0.25) is 0 Å². The van der Waals surface area contributed by atoms with Crippen molar-refractivity contribution in [3.63, 3.8) is 0 Å². The van der Waals surface area contributed by atoms with Gasteiger partial charge in [0.15, 0.2) is 11.5 Å². The fourth-order valence-corrected chi connectivity index (χ4v) is 3.85. The van der Waals surface area contributed by atoms with Crippen molar-refractivity contribution in [2.24, 2.45) is 11.1 Å². The number of ether oxygens (including phenoxy) is 2. The maximum absolute atomic E-state index is 6.28. The average molecular weight is 275 g/mol. The molecule has 0 aromatic heterocycles. The van der Waals surface area contributed by atoms with E-state index in [0.29, 0.717) is 6.04 Å². The average Bonchev–Trinajstić information content (AvgIpc) is 3.00. The van der Waals surface area contributed by atoms with Gasteiger partial charge in [-0.15, -0.1) is 0 Å². The highest BCUT2D eigenvalue weighted by Crippen LogP contribution is 2.54. The Hall–Kier alpha value is -1.22. The Balaban J connectivity index is 1.78. The molecular weight excluding hydrogens is 250 g/mol. The molecule has 2 fully saturated rings. The van der Waals surface area contributed by atoms with E-state index in [2.05, 4.69) is 19.1 Å². The van der Waals surface area contributed by atoms with Gasteiger partial charge in [0.05, 0.1) is 7.11 Å². The molecule has 3 nitrogen and oxygen atoms in total. The molecule has 2 aliphatic rings. The maximum Gasteiger partial charge on any atom is 0.161 e. The lowest BCUT2D eigenvalue weighted by Crippen LogP contribution is -2.62. The van der Waals surface area contributed by atoms with Crippen molar-refractivity contribution in [1.82, 2.24) is 0 Å². The Morgan fingerprint density at radius 3 is 2.60 bits per heavy atom. The topological polar surface area (TPSA) is 44.5 Å². The molecular formula is C17H25NO2. The Morgan fingerprint density at radius 2 is 2.00 bits per heavy atom. The Bertz CT molecular complexity index is 480. The lowest BCUT2D eigenvalue weighted by Gasteiger charge is -2.52. The quantitative estimate of drug-likeness (QED) is 0.917. The van der Waals surface area contributed by atoms with Crippen LogP contribution in [0.15, 0.2) is 18.2 Å². The number of benzene rings is 1. The second-order valence-corrected chi connectivity index (χ2v) is 6.23. The van der Waals surface area contributed by atoms with Crippen molar-refractivity contribution in [3.05, 3.63) is 23.8 Å². The van der Waals surface area contributed by atoms with Crippen molar-refractivity contribution < 1.29 is 9.47 Å². The summed E-state index contributed by atoms with van der Waals surface area (Å²) in [5.74, 6) is 1.71. The van der Waals surface area contributed by atoms with Crippen molar-refractivity contribution in [2.75, 3.05) is 7.11 Å². The summed E-state index contributed by atoms with van der Waals surface area (Å²) < 4.78 is 11.8. The molecule has 1 spiro atoms. The zero-order chi connectivity index (χ0) is 14.2. The molecule has 2 N–H and O–H groups in total. The molecule has 0 amide bonds. The maximum atomic E-state index is 6.28. The number of rotatable bonds is 4. The molecule has 0 saturated heterocycles. The molecule has 0 bridgehead atoms. The predicted octanol–water partition coefficient (Wildman–Crippen LogP) is 3.30. The van der Waals surface area contributed by atoms with Crippen molar-refractivity contribution in [1.29, 1.82) is 0 Å². The van der Waals surface area contributed by atoms with E-state index in [4.69, 9.17) is 15.2 Å². The van der Waals surface area contributed by atoms with E-state index in [1.807, 2.05) is 6.07 Å². The summed E-state index contributed by atoms with van der Waals surface area (Å²) in [4.78, 5) is 0. The van der Waals surface area contributed by atoms with E-state index in [1.165, 1.54) is 31.2 Å². The first-order valence-corrected chi connectivity index (χ1v) is 7.79. The van der Waals surface area contributed by atoms with Gasteiger partial charge in [-0.3, -0.25) is 0 Å². The molecule has 0 radical (unpaired) electrons. The van der Waals surface area contributed by atoms with Gasteiger partial charge in [-0.2, -0.15) is 0 Å². The van der Waals surface area contributed by atoms with Gasteiger partial charge in [0, 0.05) is 17.9 Å². The summed E-state index contributed by atoms with van der Waals surface area (Å²) in [7, 11) is 1.71. The van der Waals surface area contributed by atoms with Crippen LogP contribution in [0.4, 0.5) is 0 Å². The van der Waals surface area contributed by atoms with Crippen molar-refractivity contribution in [2.45, 2.75) is 57.6 Å². The Labute approximate surface area is 121 Å². The van der Waals surface area contributed by atoms with Gasteiger partial charge < -0.3 is 15.2 Å². The third-order valence-corrected chi connectivity index (χ3v) is 5.29. The summed E-state index contributed by atoms with van der Waals surface area (Å²) in [6, 6.07) is 6.56. The van der Waals surface area contributed by atoms with Gasteiger partial charge in [-0.25, -0.2) is 0 Å². The van der Waals surface area contributed by atoms with Crippen molar-refractivity contribution in [3.8, 4) is 11.5 Å². The number of methoxy groups -OCH3 is 1. The third-order valence-electron chi connectivity index (χ3n) is 5.29. The monoisotopic (exact) mass is 275 g/mol. The van der Waals surface area contributed by atoms with Crippen LogP contribution in [0.1, 0.15) is 44.6 Å². The summed E-state index contributed by atoms with van der Waals surface area (Å²) in [6.07, 6.45) is 7.26. The molecule has 3 rings (SSSR count). The molecule has 0 heterocycles. The number of nitrogens with two attached hydrogens (primary N) is 1. The largest absolute Gasteiger partial charge is 0.493 e. The molecule has 20 heavy (non-hydrogen) atoms. The van der Waals surface area contributed by atoms with Crippen LogP contribution in [0.25, 0.3) is 0 Å². The van der Waals surface area contributed by atoms with Crippen molar-refractivity contribution >= 4 is 0 Å². The van der Waals surface area contributed by atoms with E-state index >= 15 is 0 Å². The van der Waals surface area contributed by atoms with Crippen LogP contribution in [0.3, 0.4) is 0 Å². The summed E-state index contributed by atoms with van der Waals surface area (Å²) in [5, 5.41) is 0. The number of hydrogen-bond donors (Lipinski definition) is 1. The van der Waals surface area contributed by atoms with Gasteiger partial charge in [0.25, 0.3) is 0 Å². The fraction of sp³-hybridized carbons (Fsp3) is 0.647. The second-order valence-electron chi connectivity index (χ2n) is 6.23. The van der Waals surface area contributed by atoms with E-state index in [-0.39, 0.29) is 11.5 Å². The molecule has 2 aliphatic carbocycles. The molecule has 2 atom stereocenters. The highest BCUT2D eigenvalue weighted by molar-refractivity contribution is 5.43. The predicted molar refractivity (Wildman–Crippen MR) is 80.3 cm³/mol. The minimum Gasteiger partial charge on any atom is -0.493 e. The molecule has 2 unspecified atom stereocenters. The van der Waals surface area contributed by atoms with Crippen LogP contribution in [0.5, 0.6) is 11.5 Å². The third kappa shape index (κ3) is 2.08. The van der Waals surface area contributed by atoms with E-state index < -0.39 is 0 Å². The van der Waals surface area contributed by atoms with E-state index in [1.54, 1.807) is 7.11 Å². The summed E-state index contributed by atoms with van der Waals surface area (Å²) >= 11 is 0. The second kappa shape index (κ2) is 5.28. The van der Waals surface area contributed by atoms with Crippen LogP contribution in [-0.4, -0.2) is 19.3 Å². The minimum atomic E-state index is 0.231. The fourth-order valence-electron chi connectivity index (χ4n) is 3.85. The summed E-state index contributed by atoms with van der Waals surface area (Å²) in [5.41, 5.74) is 7.77. The molecule has 0 aliphatic heterocycles. The standard InChI is InChI=1S/C17H25NO2/c1-3-12-6-7-13(14(10-12)19-2)20-16-11-15(18)17(16)8-4-5-9-17/h6-7,10,15-16H,3-5,8-9,11,18H2,1-2H3. The van der Waals surface area contributed by atoms with E-state index in [0.717, 1.165) is 24.3 Å². The highest BCUT2D eigenvalue weighted by Gasteiger charge is 2.56. The molecule has 1 aromatic carbocycles. The summed E-state index contributed by atoms with van der Waals surface area (Å²) in [6.45, 7) is 2.15. The number of aryl methyl sites for hydroxylation is 1. The molecule has 1 aromatic rings. The Morgan fingerprint density at radius 1 is 1.25 bits per heavy atom. The first kappa shape index (κ1) is 13.7. The van der Waals surface area contributed by atoms with Gasteiger partial charge >= 0.3 is 0 Å². The highest BCUT2D eigenvalue weighted by atomic mass is 16.5. The molecule has 110 valence electrons. The SMILES string of the molecule is CCc1ccc(OC2CC(N)C23CCCC3)c(OC)c1.